The number of aromatic nitrogens is 1. The van der Waals surface area contributed by atoms with Crippen molar-refractivity contribution < 1.29 is 0 Å². The van der Waals surface area contributed by atoms with Gasteiger partial charge in [-0.2, -0.15) is 0 Å². The fourth-order valence-corrected chi connectivity index (χ4v) is 3.50. The quantitative estimate of drug-likeness (QED) is 0.764. The Morgan fingerprint density at radius 1 is 0.950 bits per heavy atom. The van der Waals surface area contributed by atoms with Gasteiger partial charge < -0.3 is 5.32 Å². The summed E-state index contributed by atoms with van der Waals surface area (Å²) in [6.07, 6.45) is 1.84. The lowest BCUT2D eigenvalue weighted by molar-refractivity contribution is 0.765. The molecule has 0 unspecified atom stereocenters. The van der Waals surface area contributed by atoms with Gasteiger partial charge >= 0.3 is 0 Å². The Labute approximate surface area is 122 Å². The Balaban J connectivity index is 1.72. The first-order valence-electron chi connectivity index (χ1n) is 6.73. The average molecular weight is 278 g/mol. The molecule has 0 bridgehead atoms. The van der Waals surface area contributed by atoms with Crippen molar-refractivity contribution in [2.75, 3.05) is 0 Å². The number of pyridine rings is 1. The second-order valence-corrected chi connectivity index (χ2v) is 5.91. The van der Waals surface area contributed by atoms with Crippen LogP contribution in [0.15, 0.2) is 54.0 Å². The summed E-state index contributed by atoms with van der Waals surface area (Å²) in [5.74, 6) is 0. The largest absolute Gasteiger partial charge is 0.309 e. The highest BCUT2D eigenvalue weighted by Gasteiger charge is 2.12. The van der Waals surface area contributed by atoms with Crippen molar-refractivity contribution in [2.24, 2.45) is 0 Å². The first kappa shape index (κ1) is 11.8. The average Bonchev–Trinajstić information content (AvgIpc) is 3.16. The first-order valence-corrected chi connectivity index (χ1v) is 7.61. The molecule has 0 radical (unpaired) electrons. The molecule has 0 aliphatic carbocycles. The van der Waals surface area contributed by atoms with Crippen LogP contribution in [-0.4, -0.2) is 4.98 Å². The molecule has 4 rings (SSSR count). The van der Waals surface area contributed by atoms with Gasteiger partial charge in [-0.1, -0.05) is 18.2 Å². The van der Waals surface area contributed by atoms with Crippen molar-refractivity contribution in [2.45, 2.75) is 13.1 Å². The second-order valence-electron chi connectivity index (χ2n) is 5.00. The number of nitrogens with one attached hydrogen (secondary N) is 1. The summed E-state index contributed by atoms with van der Waals surface area (Å²) >= 11 is 1.75. The fourth-order valence-electron chi connectivity index (χ4n) is 2.60. The van der Waals surface area contributed by atoms with E-state index in [9.17, 15) is 0 Å². The molecule has 0 fully saturated rings. The van der Waals surface area contributed by atoms with Gasteiger partial charge in [-0.05, 0) is 51.9 Å². The van der Waals surface area contributed by atoms with Crippen molar-refractivity contribution in [1.29, 1.82) is 0 Å². The van der Waals surface area contributed by atoms with E-state index in [1.54, 1.807) is 11.3 Å². The van der Waals surface area contributed by atoms with Gasteiger partial charge in [0.05, 0.1) is 10.6 Å². The minimum absolute atomic E-state index is 0.987. The van der Waals surface area contributed by atoms with Crippen molar-refractivity contribution in [1.82, 2.24) is 10.3 Å². The van der Waals surface area contributed by atoms with Crippen molar-refractivity contribution in [3.05, 3.63) is 65.2 Å². The van der Waals surface area contributed by atoms with Gasteiger partial charge in [-0.3, -0.25) is 4.98 Å². The zero-order valence-corrected chi connectivity index (χ0v) is 11.8. The van der Waals surface area contributed by atoms with Gasteiger partial charge in [0.25, 0.3) is 0 Å². The zero-order valence-electron chi connectivity index (χ0n) is 11.0. The lowest BCUT2D eigenvalue weighted by Gasteiger charge is -2.02. The van der Waals surface area contributed by atoms with Crippen LogP contribution in [0.25, 0.3) is 21.7 Å². The molecule has 20 heavy (non-hydrogen) atoms. The summed E-state index contributed by atoms with van der Waals surface area (Å²) in [5, 5.41) is 5.61. The van der Waals surface area contributed by atoms with E-state index in [-0.39, 0.29) is 0 Å². The lowest BCUT2D eigenvalue weighted by atomic mass is 10.0. The van der Waals surface area contributed by atoms with Crippen LogP contribution in [-0.2, 0) is 13.1 Å². The van der Waals surface area contributed by atoms with Crippen LogP contribution < -0.4 is 5.32 Å². The molecule has 3 aromatic rings. The minimum Gasteiger partial charge on any atom is -0.309 e. The number of rotatable bonds is 2. The van der Waals surface area contributed by atoms with E-state index < -0.39 is 0 Å². The number of hydrogen-bond acceptors (Lipinski definition) is 3. The number of fused-ring (bicyclic) bond motifs is 1. The maximum Gasteiger partial charge on any atom is 0.0801 e. The monoisotopic (exact) mass is 278 g/mol. The fraction of sp³-hybridized carbons (Fsp3) is 0.118. The molecule has 3 heterocycles. The van der Waals surface area contributed by atoms with E-state index in [2.05, 4.69) is 46.0 Å². The van der Waals surface area contributed by atoms with Crippen molar-refractivity contribution >= 4 is 11.3 Å². The Bertz CT molecular complexity index is 747. The molecule has 2 nitrogen and oxygen atoms in total. The summed E-state index contributed by atoms with van der Waals surface area (Å²) in [6.45, 7) is 1.98. The maximum atomic E-state index is 4.41. The SMILES string of the molecule is c1ccc(-c2cc(-c3ccc4c(c3)CNC4)cs2)nc1. The highest BCUT2D eigenvalue weighted by atomic mass is 32.1. The molecular weight excluding hydrogens is 264 g/mol. The van der Waals surface area contributed by atoms with Gasteiger partial charge in [-0.25, -0.2) is 0 Å². The van der Waals surface area contributed by atoms with E-state index >= 15 is 0 Å². The Kier molecular flexibility index (Phi) is 2.87. The summed E-state index contributed by atoms with van der Waals surface area (Å²) in [6, 6.07) is 15.0. The van der Waals surface area contributed by atoms with Gasteiger partial charge in [0.2, 0.25) is 0 Å². The van der Waals surface area contributed by atoms with Crippen molar-refractivity contribution in [3.8, 4) is 21.7 Å². The van der Waals surface area contributed by atoms with Gasteiger partial charge in [0.1, 0.15) is 0 Å². The van der Waals surface area contributed by atoms with Crippen LogP contribution in [0, 0.1) is 0 Å². The van der Waals surface area contributed by atoms with Gasteiger partial charge in [0, 0.05) is 19.3 Å². The van der Waals surface area contributed by atoms with E-state index in [1.807, 2.05) is 18.3 Å². The molecular formula is C17H14N2S. The molecule has 3 heteroatoms. The van der Waals surface area contributed by atoms with E-state index in [0.29, 0.717) is 0 Å². The molecule has 0 amide bonds. The predicted octanol–water partition coefficient (Wildman–Crippen LogP) is 4.08. The molecule has 0 saturated carbocycles. The molecule has 98 valence electrons. The Morgan fingerprint density at radius 2 is 1.90 bits per heavy atom. The van der Waals surface area contributed by atoms with Crippen LogP contribution in [0.1, 0.15) is 11.1 Å². The van der Waals surface area contributed by atoms with E-state index in [1.165, 1.54) is 27.1 Å². The number of hydrogen-bond donors (Lipinski definition) is 1. The number of benzene rings is 1. The van der Waals surface area contributed by atoms with Crippen molar-refractivity contribution in [3.63, 3.8) is 0 Å². The van der Waals surface area contributed by atoms with E-state index in [0.717, 1.165) is 18.8 Å². The first-order chi connectivity index (χ1) is 9.90. The van der Waals surface area contributed by atoms with Crippen LogP contribution in [0.4, 0.5) is 0 Å². The van der Waals surface area contributed by atoms with Gasteiger partial charge in [-0.15, -0.1) is 11.3 Å². The normalized spacial score (nSPS) is 13.4. The van der Waals surface area contributed by atoms with Crippen LogP contribution in [0.5, 0.6) is 0 Å². The highest BCUT2D eigenvalue weighted by Crippen LogP contribution is 2.32. The molecule has 1 aliphatic heterocycles. The lowest BCUT2D eigenvalue weighted by Crippen LogP contribution is -1.99. The zero-order chi connectivity index (χ0) is 13.4. The molecule has 1 aromatic carbocycles. The Morgan fingerprint density at radius 3 is 2.80 bits per heavy atom. The molecule has 0 spiro atoms. The second kappa shape index (κ2) is 4.85. The highest BCUT2D eigenvalue weighted by molar-refractivity contribution is 7.14. The molecule has 2 aromatic heterocycles. The van der Waals surface area contributed by atoms with Crippen LogP contribution in [0.3, 0.4) is 0 Å². The number of nitrogens with zero attached hydrogens (tertiary/aromatic N) is 1. The third kappa shape index (κ3) is 2.05. The predicted molar refractivity (Wildman–Crippen MR) is 83.5 cm³/mol. The topological polar surface area (TPSA) is 24.9 Å². The summed E-state index contributed by atoms with van der Waals surface area (Å²) < 4.78 is 0. The standard InChI is InChI=1S/C17H14N2S/c1-2-6-19-16(3-1)17-8-15(11-20-17)12-4-5-13-9-18-10-14(13)7-12/h1-8,11,18H,9-10H2. The molecule has 0 atom stereocenters. The summed E-state index contributed by atoms with van der Waals surface area (Å²) in [5.41, 5.74) is 6.48. The molecule has 0 saturated heterocycles. The molecule has 1 aliphatic rings. The Hall–Kier alpha value is -1.97. The van der Waals surface area contributed by atoms with Crippen LogP contribution >= 0.6 is 11.3 Å². The molecule has 1 N–H and O–H groups in total. The summed E-state index contributed by atoms with van der Waals surface area (Å²) in [4.78, 5) is 5.64. The number of thiophene rings is 1. The maximum absolute atomic E-state index is 4.41. The minimum atomic E-state index is 0.987. The third-order valence-electron chi connectivity index (χ3n) is 3.69. The summed E-state index contributed by atoms with van der Waals surface area (Å²) in [7, 11) is 0. The van der Waals surface area contributed by atoms with Gasteiger partial charge in [0.15, 0.2) is 0 Å². The smallest absolute Gasteiger partial charge is 0.0801 e. The van der Waals surface area contributed by atoms with Crippen LogP contribution in [0.2, 0.25) is 0 Å². The third-order valence-corrected chi connectivity index (χ3v) is 4.64. The van der Waals surface area contributed by atoms with E-state index in [4.69, 9.17) is 0 Å².